The van der Waals surface area contributed by atoms with Crippen LogP contribution < -0.4 is 10.2 Å². The zero-order valence-corrected chi connectivity index (χ0v) is 17.5. The third kappa shape index (κ3) is 4.06. The largest absolute Gasteiger partial charge is 0.395 e. The highest BCUT2D eigenvalue weighted by Crippen LogP contribution is 2.41. The summed E-state index contributed by atoms with van der Waals surface area (Å²) in [5.41, 5.74) is 3.33. The fraction of sp³-hybridized carbons (Fsp3) is 0.350. The number of aryl methyl sites for hydroxylation is 1. The fourth-order valence-corrected chi connectivity index (χ4v) is 4.81. The van der Waals surface area contributed by atoms with Gasteiger partial charge in [-0.2, -0.15) is 4.98 Å². The van der Waals surface area contributed by atoms with Crippen molar-refractivity contribution in [2.24, 2.45) is 0 Å². The predicted molar refractivity (Wildman–Crippen MR) is 115 cm³/mol. The average molecular weight is 433 g/mol. The van der Waals surface area contributed by atoms with Crippen molar-refractivity contribution in [3.63, 3.8) is 0 Å². The number of anilines is 1. The molecule has 0 atom stereocenters. The van der Waals surface area contributed by atoms with Crippen LogP contribution in [0.4, 0.5) is 5.82 Å². The van der Waals surface area contributed by atoms with E-state index in [1.54, 1.807) is 17.4 Å². The molecule has 1 amide bonds. The lowest BCUT2D eigenvalue weighted by Crippen LogP contribution is -2.36. The molecule has 3 heterocycles. The molecule has 1 aliphatic heterocycles. The normalized spacial score (nSPS) is 14.4. The highest BCUT2D eigenvalue weighted by atomic mass is 35.5. The number of nitrogens with zero attached hydrogens (tertiary/aromatic N) is 3. The summed E-state index contributed by atoms with van der Waals surface area (Å²) in [5, 5.41) is 11.8. The number of amides is 1. The maximum absolute atomic E-state index is 12.3. The first-order valence-electron chi connectivity index (χ1n) is 9.37. The Labute approximate surface area is 177 Å². The van der Waals surface area contributed by atoms with E-state index < -0.39 is 0 Å². The van der Waals surface area contributed by atoms with Crippen LogP contribution in [-0.4, -0.2) is 60.4 Å². The van der Waals surface area contributed by atoms with Crippen LogP contribution in [0.5, 0.6) is 0 Å². The lowest BCUT2D eigenvalue weighted by Gasteiger charge is -2.28. The van der Waals surface area contributed by atoms with E-state index in [1.807, 2.05) is 25.1 Å². The molecule has 0 saturated carbocycles. The Morgan fingerprint density at radius 2 is 2.14 bits per heavy atom. The molecule has 1 aromatic carbocycles. The quantitative estimate of drug-likeness (QED) is 0.603. The van der Waals surface area contributed by atoms with E-state index in [0.29, 0.717) is 18.8 Å². The maximum atomic E-state index is 12.3. The van der Waals surface area contributed by atoms with E-state index in [4.69, 9.17) is 21.4 Å². The Balaban J connectivity index is 1.77. The van der Waals surface area contributed by atoms with Crippen molar-refractivity contribution in [3.05, 3.63) is 40.7 Å². The van der Waals surface area contributed by atoms with Crippen molar-refractivity contribution in [2.75, 3.05) is 44.4 Å². The van der Waals surface area contributed by atoms with Gasteiger partial charge in [0.1, 0.15) is 0 Å². The lowest BCUT2D eigenvalue weighted by atomic mass is 10.1. The summed E-state index contributed by atoms with van der Waals surface area (Å²) in [7, 11) is 0. The van der Waals surface area contributed by atoms with Gasteiger partial charge < -0.3 is 20.1 Å². The van der Waals surface area contributed by atoms with Gasteiger partial charge in [-0.15, -0.1) is 11.3 Å². The number of aliphatic hydroxyl groups excluding tert-OH is 1. The second-order valence-electron chi connectivity index (χ2n) is 6.71. The number of aromatic nitrogens is 2. The van der Waals surface area contributed by atoms with Crippen LogP contribution in [0.1, 0.15) is 15.9 Å². The smallest absolute Gasteiger partial charge is 0.251 e. The molecule has 3 aromatic rings. The molecule has 152 valence electrons. The number of benzene rings is 1. The molecule has 0 aliphatic carbocycles. The van der Waals surface area contributed by atoms with E-state index in [9.17, 15) is 4.79 Å². The molecular weight excluding hydrogens is 412 g/mol. The zero-order valence-electron chi connectivity index (χ0n) is 15.9. The number of carbonyl (C=O) groups is 1. The number of morpholine rings is 1. The molecule has 2 N–H and O–H groups in total. The molecule has 0 radical (unpaired) electrons. The van der Waals surface area contributed by atoms with Gasteiger partial charge in [0.2, 0.25) is 5.28 Å². The number of carbonyl (C=O) groups excluding carboxylic acids is 1. The van der Waals surface area contributed by atoms with E-state index in [2.05, 4.69) is 20.2 Å². The van der Waals surface area contributed by atoms with Gasteiger partial charge in [-0.05, 0) is 41.8 Å². The number of hydrogen-bond acceptors (Lipinski definition) is 7. The molecule has 29 heavy (non-hydrogen) atoms. The first-order chi connectivity index (χ1) is 14.1. The second kappa shape index (κ2) is 8.62. The SMILES string of the molecule is Cc1c(-c2cccc(C(=O)NCCO)c2)sc2c(N3CCOCC3)nc(Cl)nc12. The lowest BCUT2D eigenvalue weighted by molar-refractivity contribution is 0.0945. The minimum Gasteiger partial charge on any atom is -0.395 e. The summed E-state index contributed by atoms with van der Waals surface area (Å²) >= 11 is 7.84. The first kappa shape index (κ1) is 20.0. The number of halogens is 1. The Morgan fingerprint density at radius 3 is 2.90 bits per heavy atom. The summed E-state index contributed by atoms with van der Waals surface area (Å²) < 4.78 is 6.44. The van der Waals surface area contributed by atoms with E-state index in [0.717, 1.165) is 45.1 Å². The molecular formula is C20H21ClN4O3S. The summed E-state index contributed by atoms with van der Waals surface area (Å²) in [4.78, 5) is 24.5. The Hall–Kier alpha value is -2.26. The molecule has 0 spiro atoms. The van der Waals surface area contributed by atoms with Crippen LogP contribution in [0.25, 0.3) is 20.7 Å². The van der Waals surface area contributed by atoms with Gasteiger partial charge in [-0.1, -0.05) is 12.1 Å². The molecule has 0 bridgehead atoms. The van der Waals surface area contributed by atoms with Gasteiger partial charge in [0.15, 0.2) is 5.82 Å². The second-order valence-corrected chi connectivity index (χ2v) is 8.07. The van der Waals surface area contributed by atoms with E-state index in [1.165, 1.54) is 0 Å². The minimum atomic E-state index is -0.212. The van der Waals surface area contributed by atoms with Crippen molar-refractivity contribution in [2.45, 2.75) is 6.92 Å². The summed E-state index contributed by atoms with van der Waals surface area (Å²) in [5.74, 6) is 0.621. The maximum Gasteiger partial charge on any atom is 0.251 e. The zero-order chi connectivity index (χ0) is 20.4. The van der Waals surface area contributed by atoms with Crippen LogP contribution in [0.3, 0.4) is 0 Å². The van der Waals surface area contributed by atoms with Crippen molar-refractivity contribution in [3.8, 4) is 10.4 Å². The molecule has 9 heteroatoms. The standard InChI is InChI=1S/C20H21ClN4O3S/c1-12-15-17(18(24-20(21)23-15)25-6-9-28-10-7-25)29-16(12)13-3-2-4-14(11-13)19(27)22-5-8-26/h2-4,11,26H,5-10H2,1H3,(H,22,27). The van der Waals surface area contributed by atoms with E-state index in [-0.39, 0.29) is 24.3 Å². The van der Waals surface area contributed by atoms with Crippen molar-refractivity contribution in [1.82, 2.24) is 15.3 Å². The number of ether oxygens (including phenoxy) is 1. The van der Waals surface area contributed by atoms with Gasteiger partial charge in [-0.3, -0.25) is 4.79 Å². The summed E-state index contributed by atoms with van der Waals surface area (Å²) in [6.45, 7) is 4.98. The highest BCUT2D eigenvalue weighted by molar-refractivity contribution is 7.23. The number of hydrogen-bond donors (Lipinski definition) is 2. The van der Waals surface area contributed by atoms with Gasteiger partial charge in [0, 0.05) is 30.1 Å². The van der Waals surface area contributed by atoms with E-state index >= 15 is 0 Å². The Morgan fingerprint density at radius 1 is 1.34 bits per heavy atom. The van der Waals surface area contributed by atoms with Crippen molar-refractivity contribution >= 4 is 44.9 Å². The van der Waals surface area contributed by atoms with Crippen molar-refractivity contribution in [1.29, 1.82) is 0 Å². The number of fused-ring (bicyclic) bond motifs is 1. The first-order valence-corrected chi connectivity index (χ1v) is 10.6. The van der Waals surface area contributed by atoms with Crippen LogP contribution in [0, 0.1) is 6.92 Å². The molecule has 2 aromatic heterocycles. The monoisotopic (exact) mass is 432 g/mol. The Bertz CT molecular complexity index is 1050. The highest BCUT2D eigenvalue weighted by Gasteiger charge is 2.22. The van der Waals surface area contributed by atoms with Gasteiger partial charge >= 0.3 is 0 Å². The molecule has 1 aliphatic rings. The van der Waals surface area contributed by atoms with Crippen molar-refractivity contribution < 1.29 is 14.6 Å². The third-order valence-corrected chi connectivity index (χ3v) is 6.31. The molecule has 7 nitrogen and oxygen atoms in total. The molecule has 1 fully saturated rings. The van der Waals surface area contributed by atoms with Gasteiger partial charge in [-0.25, -0.2) is 4.98 Å². The van der Waals surface area contributed by atoms with Crippen LogP contribution in [-0.2, 0) is 4.74 Å². The number of rotatable bonds is 5. The fourth-order valence-electron chi connectivity index (χ4n) is 3.38. The number of aliphatic hydroxyl groups is 1. The van der Waals surface area contributed by atoms with Gasteiger partial charge in [0.25, 0.3) is 5.91 Å². The molecule has 1 saturated heterocycles. The molecule has 4 rings (SSSR count). The Kier molecular flexibility index (Phi) is 5.96. The summed E-state index contributed by atoms with van der Waals surface area (Å²) in [6, 6.07) is 7.45. The van der Waals surface area contributed by atoms with Crippen LogP contribution in [0.15, 0.2) is 24.3 Å². The van der Waals surface area contributed by atoms with Gasteiger partial charge in [0.05, 0.1) is 30.0 Å². The average Bonchev–Trinajstić information content (AvgIpc) is 3.08. The number of nitrogens with one attached hydrogen (secondary N) is 1. The van der Waals surface area contributed by atoms with Crippen LogP contribution in [0.2, 0.25) is 5.28 Å². The van der Waals surface area contributed by atoms with Crippen LogP contribution >= 0.6 is 22.9 Å². The number of thiophene rings is 1. The minimum absolute atomic E-state index is 0.0927. The molecule has 0 unspecified atom stereocenters. The summed E-state index contributed by atoms with van der Waals surface area (Å²) in [6.07, 6.45) is 0. The third-order valence-electron chi connectivity index (χ3n) is 4.82. The predicted octanol–water partition coefficient (Wildman–Crippen LogP) is 2.88. The topological polar surface area (TPSA) is 87.6 Å².